The van der Waals surface area contributed by atoms with E-state index < -0.39 is 12.6 Å². The van der Waals surface area contributed by atoms with Crippen molar-refractivity contribution in [3.05, 3.63) is 17.6 Å². The Morgan fingerprint density at radius 2 is 2.00 bits per heavy atom. The molecule has 20 heavy (non-hydrogen) atoms. The summed E-state index contributed by atoms with van der Waals surface area (Å²) in [6.07, 6.45) is -3.98. The molecule has 0 spiro atoms. The Balaban J connectivity index is 2.60. The molecule has 0 atom stereocenters. The van der Waals surface area contributed by atoms with E-state index in [1.807, 2.05) is 19.9 Å². The third kappa shape index (κ3) is 6.70. The second-order valence-corrected chi connectivity index (χ2v) is 4.84. The molecule has 0 fully saturated rings. The second kappa shape index (κ2) is 7.42. The number of nitrogens with zero attached hydrogens (tertiary/aromatic N) is 3. The summed E-state index contributed by atoms with van der Waals surface area (Å²) in [6.45, 7) is 4.95. The van der Waals surface area contributed by atoms with E-state index in [9.17, 15) is 13.2 Å². The van der Waals surface area contributed by atoms with Crippen LogP contribution < -0.4 is 5.32 Å². The minimum atomic E-state index is -4.13. The van der Waals surface area contributed by atoms with Crippen molar-refractivity contribution in [2.75, 3.05) is 25.5 Å². The molecule has 0 aliphatic heterocycles. The second-order valence-electron chi connectivity index (χ2n) is 4.84. The van der Waals surface area contributed by atoms with Gasteiger partial charge >= 0.3 is 6.18 Å². The molecule has 0 bridgehead atoms. The van der Waals surface area contributed by atoms with E-state index in [0.29, 0.717) is 12.4 Å². The lowest BCUT2D eigenvalue weighted by atomic mass is 10.3. The van der Waals surface area contributed by atoms with Gasteiger partial charge in [-0.25, -0.2) is 9.97 Å². The molecule has 1 aromatic heterocycles. The predicted molar refractivity (Wildman–Crippen MR) is 72.6 cm³/mol. The van der Waals surface area contributed by atoms with Crippen molar-refractivity contribution in [3.63, 3.8) is 0 Å². The van der Waals surface area contributed by atoms with Crippen LogP contribution in [0.15, 0.2) is 6.07 Å². The summed E-state index contributed by atoms with van der Waals surface area (Å²) in [5.41, 5.74) is 0.804. The number of nitrogens with one attached hydrogen (secondary N) is 1. The number of aromatic nitrogens is 2. The molecule has 4 nitrogen and oxygen atoms in total. The first-order valence-electron chi connectivity index (χ1n) is 6.64. The molecule has 0 radical (unpaired) electrons. The number of hydrogen-bond acceptors (Lipinski definition) is 4. The smallest absolute Gasteiger partial charge is 0.370 e. The van der Waals surface area contributed by atoms with Crippen LogP contribution in [0.2, 0.25) is 0 Å². The Morgan fingerprint density at radius 1 is 1.30 bits per heavy atom. The maximum Gasteiger partial charge on any atom is 0.390 e. The highest BCUT2D eigenvalue weighted by Crippen LogP contribution is 2.19. The third-order valence-electron chi connectivity index (χ3n) is 2.64. The minimum absolute atomic E-state index is 0.0570. The topological polar surface area (TPSA) is 41.1 Å². The highest BCUT2D eigenvalue weighted by Gasteiger charge is 2.27. The van der Waals surface area contributed by atoms with Crippen LogP contribution in [-0.4, -0.2) is 41.2 Å². The lowest BCUT2D eigenvalue weighted by Gasteiger charge is -2.17. The highest BCUT2D eigenvalue weighted by atomic mass is 19.4. The van der Waals surface area contributed by atoms with Crippen molar-refractivity contribution in [3.8, 4) is 0 Å². The molecule has 1 aromatic rings. The van der Waals surface area contributed by atoms with Crippen molar-refractivity contribution in [1.82, 2.24) is 14.9 Å². The Morgan fingerprint density at radius 3 is 2.60 bits per heavy atom. The average molecular weight is 290 g/mol. The molecule has 0 saturated carbocycles. The van der Waals surface area contributed by atoms with Crippen LogP contribution >= 0.6 is 0 Å². The number of rotatable bonds is 7. The van der Waals surface area contributed by atoms with Crippen molar-refractivity contribution >= 4 is 5.82 Å². The predicted octanol–water partition coefficient (Wildman–Crippen LogP) is 2.99. The summed E-state index contributed by atoms with van der Waals surface area (Å²) < 4.78 is 36.5. The van der Waals surface area contributed by atoms with Crippen molar-refractivity contribution < 1.29 is 13.2 Å². The number of halogens is 3. The zero-order chi connectivity index (χ0) is 15.2. The largest absolute Gasteiger partial charge is 0.390 e. The summed E-state index contributed by atoms with van der Waals surface area (Å²) in [6, 6.07) is 1.83. The monoisotopic (exact) mass is 290 g/mol. The first kappa shape index (κ1) is 16.7. The fourth-order valence-electron chi connectivity index (χ4n) is 1.68. The SMILES string of the molecule is CCCNc1cc(C)nc(CN(C)CCC(F)(F)F)n1. The van der Waals surface area contributed by atoms with E-state index in [1.165, 1.54) is 0 Å². The van der Waals surface area contributed by atoms with Crippen LogP contribution in [0.5, 0.6) is 0 Å². The van der Waals surface area contributed by atoms with Gasteiger partial charge in [0.2, 0.25) is 0 Å². The fraction of sp³-hybridized carbons (Fsp3) is 0.692. The minimum Gasteiger partial charge on any atom is -0.370 e. The third-order valence-corrected chi connectivity index (χ3v) is 2.64. The quantitative estimate of drug-likeness (QED) is 0.838. The Kier molecular flexibility index (Phi) is 6.19. The molecular weight excluding hydrogens is 269 g/mol. The molecule has 7 heteroatoms. The van der Waals surface area contributed by atoms with Crippen LogP contribution in [0, 0.1) is 6.92 Å². The molecule has 0 aliphatic carbocycles. The van der Waals surface area contributed by atoms with Gasteiger partial charge in [0.1, 0.15) is 11.6 Å². The molecule has 0 unspecified atom stereocenters. The molecular formula is C13H21F3N4. The molecule has 1 N–H and O–H groups in total. The Bertz CT molecular complexity index is 421. The molecule has 1 heterocycles. The first-order valence-corrected chi connectivity index (χ1v) is 6.64. The van der Waals surface area contributed by atoms with E-state index in [2.05, 4.69) is 15.3 Å². The summed E-state index contributed by atoms with van der Waals surface area (Å²) in [5, 5.41) is 3.16. The summed E-state index contributed by atoms with van der Waals surface area (Å²) in [5.74, 6) is 1.26. The van der Waals surface area contributed by atoms with Gasteiger partial charge in [-0.05, 0) is 20.4 Å². The van der Waals surface area contributed by atoms with Gasteiger partial charge in [-0.15, -0.1) is 0 Å². The average Bonchev–Trinajstić information content (AvgIpc) is 2.32. The van der Waals surface area contributed by atoms with E-state index in [1.54, 1.807) is 11.9 Å². The number of aryl methyl sites for hydroxylation is 1. The lowest BCUT2D eigenvalue weighted by Crippen LogP contribution is -2.25. The zero-order valence-corrected chi connectivity index (χ0v) is 12.1. The normalized spacial score (nSPS) is 11.9. The number of alkyl halides is 3. The van der Waals surface area contributed by atoms with E-state index in [-0.39, 0.29) is 6.54 Å². The zero-order valence-electron chi connectivity index (χ0n) is 12.1. The van der Waals surface area contributed by atoms with Crippen LogP contribution in [0.4, 0.5) is 19.0 Å². The Labute approximate surface area is 117 Å². The van der Waals surface area contributed by atoms with Gasteiger partial charge in [0.05, 0.1) is 13.0 Å². The molecule has 0 aliphatic rings. The van der Waals surface area contributed by atoms with Gasteiger partial charge in [0.15, 0.2) is 0 Å². The van der Waals surface area contributed by atoms with Gasteiger partial charge in [-0.2, -0.15) is 13.2 Å². The van der Waals surface area contributed by atoms with E-state index in [0.717, 1.165) is 24.5 Å². The molecule has 0 saturated heterocycles. The molecule has 114 valence electrons. The van der Waals surface area contributed by atoms with Crippen LogP contribution in [0.25, 0.3) is 0 Å². The van der Waals surface area contributed by atoms with E-state index >= 15 is 0 Å². The number of anilines is 1. The molecule has 0 amide bonds. The number of hydrogen-bond donors (Lipinski definition) is 1. The summed E-state index contributed by atoms with van der Waals surface area (Å²) in [7, 11) is 1.64. The van der Waals surface area contributed by atoms with Crippen molar-refractivity contribution in [2.24, 2.45) is 0 Å². The van der Waals surface area contributed by atoms with Gasteiger partial charge in [0, 0.05) is 24.8 Å². The summed E-state index contributed by atoms with van der Waals surface area (Å²) >= 11 is 0. The highest BCUT2D eigenvalue weighted by molar-refractivity contribution is 5.35. The van der Waals surface area contributed by atoms with Gasteiger partial charge < -0.3 is 5.32 Å². The molecule has 0 aromatic carbocycles. The van der Waals surface area contributed by atoms with Crippen molar-refractivity contribution in [1.29, 1.82) is 0 Å². The Hall–Kier alpha value is -1.37. The maximum absolute atomic E-state index is 12.2. The molecule has 1 rings (SSSR count). The van der Waals surface area contributed by atoms with Crippen LogP contribution in [-0.2, 0) is 6.54 Å². The van der Waals surface area contributed by atoms with Crippen LogP contribution in [0.1, 0.15) is 31.3 Å². The lowest BCUT2D eigenvalue weighted by molar-refractivity contribution is -0.137. The van der Waals surface area contributed by atoms with Gasteiger partial charge in [0.25, 0.3) is 0 Å². The first-order chi connectivity index (χ1) is 9.30. The fourth-order valence-corrected chi connectivity index (χ4v) is 1.68. The maximum atomic E-state index is 12.2. The van der Waals surface area contributed by atoms with E-state index in [4.69, 9.17) is 0 Å². The van der Waals surface area contributed by atoms with Gasteiger partial charge in [-0.3, -0.25) is 4.90 Å². The van der Waals surface area contributed by atoms with Gasteiger partial charge in [-0.1, -0.05) is 6.92 Å². The summed E-state index contributed by atoms with van der Waals surface area (Å²) in [4.78, 5) is 10.1. The van der Waals surface area contributed by atoms with Crippen LogP contribution in [0.3, 0.4) is 0 Å². The van der Waals surface area contributed by atoms with Crippen molar-refractivity contribution in [2.45, 2.75) is 39.4 Å². The standard InChI is InChI=1S/C13H21F3N4/c1-4-6-17-11-8-10(2)18-12(19-11)9-20(3)7-5-13(14,15)16/h8H,4-7,9H2,1-3H3,(H,17,18,19).